The smallest absolute Gasteiger partial charge is 0.325 e. The molecule has 7 heteroatoms. The van der Waals surface area contributed by atoms with E-state index in [0.29, 0.717) is 18.8 Å². The van der Waals surface area contributed by atoms with Crippen LogP contribution < -0.4 is 15.5 Å². The van der Waals surface area contributed by atoms with Gasteiger partial charge in [-0.1, -0.05) is 39.3 Å². The fraction of sp³-hybridized carbons (Fsp3) is 0.640. The molecule has 1 spiro atoms. The molecule has 1 saturated carbocycles. The molecule has 2 saturated heterocycles. The van der Waals surface area contributed by atoms with E-state index in [1.807, 2.05) is 24.3 Å². The minimum atomic E-state index is -0.842. The van der Waals surface area contributed by atoms with Crippen molar-refractivity contribution >= 4 is 29.2 Å². The van der Waals surface area contributed by atoms with Gasteiger partial charge in [0, 0.05) is 13.1 Å². The van der Waals surface area contributed by atoms with Crippen LogP contribution in [0.5, 0.6) is 0 Å². The summed E-state index contributed by atoms with van der Waals surface area (Å²) in [7, 11) is 0. The molecule has 7 nitrogen and oxygen atoms in total. The van der Waals surface area contributed by atoms with E-state index in [9.17, 15) is 14.4 Å². The highest BCUT2D eigenvalue weighted by Gasteiger charge is 2.53. The third kappa shape index (κ3) is 4.21. The van der Waals surface area contributed by atoms with E-state index in [2.05, 4.69) is 36.3 Å². The maximum Gasteiger partial charge on any atom is 0.325 e. The fourth-order valence-electron chi connectivity index (χ4n) is 5.49. The summed E-state index contributed by atoms with van der Waals surface area (Å²) in [4.78, 5) is 42.1. The standard InChI is InChI=1S/C25H36N4O3/c1-4-24(2,3)18-11-13-25(14-12-18)22(31)29(23(32)27-25)17-21(30)26-19-9-5-6-10-20(19)28-15-7-8-16-28/h5-6,9-10,18H,4,7-8,11-17H2,1-3H3,(H,26,30)(H,27,32). The van der Waals surface area contributed by atoms with Crippen molar-refractivity contribution in [2.45, 2.75) is 71.3 Å². The number of para-hydroxylation sites is 2. The first-order chi connectivity index (χ1) is 15.3. The van der Waals surface area contributed by atoms with E-state index < -0.39 is 11.6 Å². The Morgan fingerprint density at radius 2 is 1.81 bits per heavy atom. The van der Waals surface area contributed by atoms with Gasteiger partial charge in [0.1, 0.15) is 12.1 Å². The van der Waals surface area contributed by atoms with Gasteiger partial charge in [0.15, 0.2) is 0 Å². The third-order valence-electron chi connectivity index (χ3n) is 8.03. The largest absolute Gasteiger partial charge is 0.370 e. The Balaban J connectivity index is 1.40. The number of hydrogen-bond donors (Lipinski definition) is 2. The molecule has 2 aliphatic heterocycles. The Hall–Kier alpha value is -2.57. The zero-order valence-electron chi connectivity index (χ0n) is 19.6. The first kappa shape index (κ1) is 22.6. The van der Waals surface area contributed by atoms with Crippen LogP contribution in [0.15, 0.2) is 24.3 Å². The first-order valence-corrected chi connectivity index (χ1v) is 12.0. The molecule has 0 bridgehead atoms. The van der Waals surface area contributed by atoms with Crippen molar-refractivity contribution in [1.82, 2.24) is 10.2 Å². The Labute approximate surface area is 190 Å². The molecule has 1 aromatic carbocycles. The Morgan fingerprint density at radius 1 is 1.16 bits per heavy atom. The van der Waals surface area contributed by atoms with E-state index in [-0.39, 0.29) is 23.8 Å². The Bertz CT molecular complexity index is 883. The van der Waals surface area contributed by atoms with E-state index in [4.69, 9.17) is 0 Å². The molecule has 3 aliphatic rings. The predicted molar refractivity (Wildman–Crippen MR) is 126 cm³/mol. The lowest BCUT2D eigenvalue weighted by atomic mass is 9.65. The Morgan fingerprint density at radius 3 is 2.47 bits per heavy atom. The number of nitrogens with one attached hydrogen (secondary N) is 2. The summed E-state index contributed by atoms with van der Waals surface area (Å²) in [6.07, 6.45) is 6.48. The first-order valence-electron chi connectivity index (χ1n) is 12.0. The molecule has 0 radical (unpaired) electrons. The second-order valence-electron chi connectivity index (χ2n) is 10.3. The van der Waals surface area contributed by atoms with Crippen molar-refractivity contribution in [2.24, 2.45) is 11.3 Å². The highest BCUT2D eigenvalue weighted by molar-refractivity contribution is 6.10. The van der Waals surface area contributed by atoms with Crippen molar-refractivity contribution < 1.29 is 14.4 Å². The minimum Gasteiger partial charge on any atom is -0.370 e. The number of imide groups is 1. The van der Waals surface area contributed by atoms with Crippen LogP contribution in [0.1, 0.15) is 65.7 Å². The summed E-state index contributed by atoms with van der Waals surface area (Å²) in [6, 6.07) is 7.26. The zero-order valence-corrected chi connectivity index (χ0v) is 19.6. The van der Waals surface area contributed by atoms with Crippen LogP contribution >= 0.6 is 0 Å². The maximum atomic E-state index is 13.2. The SMILES string of the molecule is CCC(C)(C)C1CCC2(CC1)NC(=O)N(CC(=O)Nc1ccccc1N1CCCC1)C2=O. The molecule has 3 fully saturated rings. The second kappa shape index (κ2) is 8.75. The molecule has 2 N–H and O–H groups in total. The number of rotatable bonds is 6. The molecule has 1 aromatic rings. The van der Waals surface area contributed by atoms with Gasteiger partial charge >= 0.3 is 6.03 Å². The quantitative estimate of drug-likeness (QED) is 0.652. The van der Waals surface area contributed by atoms with Crippen molar-refractivity contribution in [3.63, 3.8) is 0 Å². The van der Waals surface area contributed by atoms with Crippen molar-refractivity contribution in [3.05, 3.63) is 24.3 Å². The number of urea groups is 1. The second-order valence-corrected chi connectivity index (χ2v) is 10.3. The van der Waals surface area contributed by atoms with Crippen molar-refractivity contribution in [3.8, 4) is 0 Å². The number of nitrogens with zero attached hydrogens (tertiary/aromatic N) is 2. The maximum absolute atomic E-state index is 13.2. The summed E-state index contributed by atoms with van der Waals surface area (Å²) in [5.41, 5.74) is 1.10. The average molecular weight is 441 g/mol. The number of carbonyl (C=O) groups is 3. The molecular formula is C25H36N4O3. The van der Waals surface area contributed by atoms with Crippen LogP contribution in [0.2, 0.25) is 0 Å². The lowest BCUT2D eigenvalue weighted by Crippen LogP contribution is -2.51. The van der Waals surface area contributed by atoms with Crippen LogP contribution in [0, 0.1) is 11.3 Å². The Kier molecular flexibility index (Phi) is 6.19. The molecule has 0 atom stereocenters. The molecule has 0 unspecified atom stereocenters. The van der Waals surface area contributed by atoms with Crippen LogP contribution in [-0.2, 0) is 9.59 Å². The number of anilines is 2. The normalized spacial score (nSPS) is 26.0. The topological polar surface area (TPSA) is 81.8 Å². The number of benzene rings is 1. The summed E-state index contributed by atoms with van der Waals surface area (Å²) in [6.45, 7) is 8.44. The van der Waals surface area contributed by atoms with Gasteiger partial charge in [-0.05, 0) is 62.0 Å². The summed E-state index contributed by atoms with van der Waals surface area (Å²) >= 11 is 0. The fourth-order valence-corrected chi connectivity index (χ4v) is 5.49. The van der Waals surface area contributed by atoms with Gasteiger partial charge in [0.2, 0.25) is 5.91 Å². The molecular weight excluding hydrogens is 404 g/mol. The highest BCUT2D eigenvalue weighted by atomic mass is 16.2. The lowest BCUT2D eigenvalue weighted by Gasteiger charge is -2.42. The molecule has 2 heterocycles. The predicted octanol–water partition coefficient (Wildman–Crippen LogP) is 4.14. The molecule has 1 aliphatic carbocycles. The zero-order chi connectivity index (χ0) is 22.9. The van der Waals surface area contributed by atoms with E-state index >= 15 is 0 Å². The minimum absolute atomic E-state index is 0.232. The van der Waals surface area contributed by atoms with Crippen LogP contribution in [-0.4, -0.2) is 47.9 Å². The van der Waals surface area contributed by atoms with E-state index in [1.54, 1.807) is 0 Å². The number of amides is 4. The highest BCUT2D eigenvalue weighted by Crippen LogP contribution is 2.45. The molecule has 174 valence electrons. The van der Waals surface area contributed by atoms with Gasteiger partial charge < -0.3 is 15.5 Å². The molecule has 32 heavy (non-hydrogen) atoms. The number of carbonyl (C=O) groups excluding carboxylic acids is 3. The van der Waals surface area contributed by atoms with Crippen molar-refractivity contribution in [2.75, 3.05) is 29.9 Å². The molecule has 4 amide bonds. The third-order valence-corrected chi connectivity index (χ3v) is 8.03. The van der Waals surface area contributed by atoms with Gasteiger partial charge in [0.25, 0.3) is 5.91 Å². The molecule has 4 rings (SSSR count). The van der Waals surface area contributed by atoms with Crippen LogP contribution in [0.4, 0.5) is 16.2 Å². The van der Waals surface area contributed by atoms with Crippen LogP contribution in [0.25, 0.3) is 0 Å². The van der Waals surface area contributed by atoms with Gasteiger partial charge in [-0.15, -0.1) is 0 Å². The van der Waals surface area contributed by atoms with Crippen molar-refractivity contribution in [1.29, 1.82) is 0 Å². The lowest BCUT2D eigenvalue weighted by molar-refractivity contribution is -0.135. The van der Waals surface area contributed by atoms with Gasteiger partial charge in [0.05, 0.1) is 11.4 Å². The van der Waals surface area contributed by atoms with Gasteiger partial charge in [-0.25, -0.2) is 4.79 Å². The van der Waals surface area contributed by atoms with E-state index in [1.165, 1.54) is 0 Å². The van der Waals surface area contributed by atoms with Gasteiger partial charge in [-0.3, -0.25) is 14.5 Å². The average Bonchev–Trinajstić information content (AvgIpc) is 3.38. The van der Waals surface area contributed by atoms with E-state index in [0.717, 1.165) is 61.5 Å². The van der Waals surface area contributed by atoms with Crippen LogP contribution in [0.3, 0.4) is 0 Å². The number of hydrogen-bond acceptors (Lipinski definition) is 4. The summed E-state index contributed by atoms with van der Waals surface area (Å²) in [5.74, 6) is -0.0569. The summed E-state index contributed by atoms with van der Waals surface area (Å²) in [5, 5.41) is 5.86. The van der Waals surface area contributed by atoms with Gasteiger partial charge in [-0.2, -0.15) is 0 Å². The monoisotopic (exact) mass is 440 g/mol. The summed E-state index contributed by atoms with van der Waals surface area (Å²) < 4.78 is 0. The molecule has 0 aromatic heterocycles.